The van der Waals surface area contributed by atoms with Crippen molar-refractivity contribution in [2.45, 2.75) is 44.1 Å². The summed E-state index contributed by atoms with van der Waals surface area (Å²) in [5.41, 5.74) is 3.72. The number of benzene rings is 1. The predicted octanol–water partition coefficient (Wildman–Crippen LogP) is 5.21. The van der Waals surface area contributed by atoms with Gasteiger partial charge in [-0.1, -0.05) is 43.0 Å². The minimum absolute atomic E-state index is 0.0487. The molecule has 4 heterocycles. The molecule has 0 radical (unpaired) electrons. The summed E-state index contributed by atoms with van der Waals surface area (Å²) in [7, 11) is 0. The van der Waals surface area contributed by atoms with E-state index in [0.29, 0.717) is 11.3 Å². The van der Waals surface area contributed by atoms with Crippen LogP contribution in [-0.2, 0) is 0 Å². The first-order valence-corrected chi connectivity index (χ1v) is 10.5. The van der Waals surface area contributed by atoms with Gasteiger partial charge in [0.15, 0.2) is 5.17 Å². The van der Waals surface area contributed by atoms with Crippen molar-refractivity contribution >= 4 is 27.8 Å². The molecule has 0 aliphatic carbocycles. The molecule has 0 spiro atoms. The van der Waals surface area contributed by atoms with Crippen LogP contribution in [0.1, 0.15) is 50.2 Å². The average Bonchev–Trinajstić information content (AvgIpc) is 3.32. The number of aliphatic imine (C=N–C) groups is 1. The fourth-order valence-corrected chi connectivity index (χ4v) is 5.44. The molecule has 1 fully saturated rings. The Kier molecular flexibility index (Phi) is 4.01. The number of amidine groups is 1. The van der Waals surface area contributed by atoms with Gasteiger partial charge in [0.1, 0.15) is 6.04 Å². The number of fused-ring (bicyclic) bond motifs is 2. The van der Waals surface area contributed by atoms with Gasteiger partial charge in [-0.05, 0) is 32.0 Å². The average molecular weight is 377 g/mol. The lowest BCUT2D eigenvalue weighted by Crippen LogP contribution is -2.28. The maximum absolute atomic E-state index is 5.12. The molecule has 2 aliphatic rings. The molecule has 0 bridgehead atoms. The first-order valence-electron chi connectivity index (χ1n) is 9.65. The van der Waals surface area contributed by atoms with E-state index >= 15 is 0 Å². The normalized spacial score (nSPS) is 24.7. The highest BCUT2D eigenvalue weighted by atomic mass is 32.2. The van der Waals surface area contributed by atoms with Crippen LogP contribution >= 0.6 is 11.8 Å². The minimum atomic E-state index is 0.0487. The number of hydrogen-bond acceptors (Lipinski definition) is 4. The molecule has 3 aromatic rings. The summed E-state index contributed by atoms with van der Waals surface area (Å²) in [6.45, 7) is 7.82. The van der Waals surface area contributed by atoms with Crippen LogP contribution < -0.4 is 0 Å². The zero-order chi connectivity index (χ0) is 18.5. The van der Waals surface area contributed by atoms with E-state index in [1.54, 1.807) is 0 Å². The molecule has 0 saturated carbocycles. The van der Waals surface area contributed by atoms with E-state index in [4.69, 9.17) is 4.99 Å². The standard InChI is InChI=1S/C22H24N4S/c1-14(2)25-13-17(16-8-4-5-10-19(16)25)21-20(18-9-6-7-11-23-18)24-22-26(21)12-15(3)27-22/h4-11,13-15,20-21H,12H2,1-3H3/t15-,20+,21-/m0/s1. The molecule has 0 unspecified atom stereocenters. The van der Waals surface area contributed by atoms with Gasteiger partial charge >= 0.3 is 0 Å². The molecule has 27 heavy (non-hydrogen) atoms. The molecule has 5 rings (SSSR count). The smallest absolute Gasteiger partial charge is 0.160 e. The number of pyridine rings is 1. The van der Waals surface area contributed by atoms with Crippen LogP contribution in [0.2, 0.25) is 0 Å². The number of para-hydroxylation sites is 1. The van der Waals surface area contributed by atoms with Gasteiger partial charge in [-0.3, -0.25) is 9.98 Å². The Morgan fingerprint density at radius 1 is 1.11 bits per heavy atom. The number of thioether (sulfide) groups is 1. The predicted molar refractivity (Wildman–Crippen MR) is 113 cm³/mol. The summed E-state index contributed by atoms with van der Waals surface area (Å²) in [6.07, 6.45) is 4.23. The van der Waals surface area contributed by atoms with Crippen molar-refractivity contribution in [1.29, 1.82) is 0 Å². The first-order chi connectivity index (χ1) is 13.1. The van der Waals surface area contributed by atoms with E-state index in [1.165, 1.54) is 21.6 Å². The molecule has 138 valence electrons. The summed E-state index contributed by atoms with van der Waals surface area (Å²) in [6, 6.07) is 15.6. The Hall–Kier alpha value is -2.27. The summed E-state index contributed by atoms with van der Waals surface area (Å²) in [4.78, 5) is 12.3. The molecule has 1 saturated heterocycles. The Morgan fingerprint density at radius 3 is 2.70 bits per heavy atom. The summed E-state index contributed by atoms with van der Waals surface area (Å²) >= 11 is 1.89. The monoisotopic (exact) mass is 376 g/mol. The maximum atomic E-state index is 5.12. The van der Waals surface area contributed by atoms with Crippen LogP contribution in [0, 0.1) is 0 Å². The largest absolute Gasteiger partial charge is 0.345 e. The number of rotatable bonds is 3. The lowest BCUT2D eigenvalue weighted by Gasteiger charge is -2.27. The van der Waals surface area contributed by atoms with Crippen LogP contribution in [0.3, 0.4) is 0 Å². The number of aromatic nitrogens is 2. The van der Waals surface area contributed by atoms with E-state index < -0.39 is 0 Å². The molecule has 0 N–H and O–H groups in total. The second-order valence-corrected chi connectivity index (χ2v) is 9.14. The van der Waals surface area contributed by atoms with E-state index in [2.05, 4.69) is 77.8 Å². The fraction of sp³-hybridized carbons (Fsp3) is 0.364. The Bertz CT molecular complexity index is 1010. The summed E-state index contributed by atoms with van der Waals surface area (Å²) < 4.78 is 2.39. The third-order valence-corrected chi connectivity index (χ3v) is 6.63. The zero-order valence-corrected chi connectivity index (χ0v) is 16.7. The Morgan fingerprint density at radius 2 is 1.93 bits per heavy atom. The van der Waals surface area contributed by atoms with Crippen LogP contribution in [0.25, 0.3) is 10.9 Å². The molecular weight excluding hydrogens is 352 g/mol. The van der Waals surface area contributed by atoms with Crippen molar-refractivity contribution in [2.75, 3.05) is 6.54 Å². The Labute approximate surface area is 164 Å². The van der Waals surface area contributed by atoms with Crippen molar-refractivity contribution < 1.29 is 0 Å². The van der Waals surface area contributed by atoms with Crippen molar-refractivity contribution in [3.63, 3.8) is 0 Å². The van der Waals surface area contributed by atoms with E-state index in [1.807, 2.05) is 24.0 Å². The Balaban J connectivity index is 1.69. The van der Waals surface area contributed by atoms with Crippen LogP contribution in [0.5, 0.6) is 0 Å². The van der Waals surface area contributed by atoms with Crippen molar-refractivity contribution in [3.8, 4) is 0 Å². The van der Waals surface area contributed by atoms with Gasteiger partial charge in [-0.15, -0.1) is 0 Å². The number of nitrogens with zero attached hydrogens (tertiary/aromatic N) is 4. The summed E-state index contributed by atoms with van der Waals surface area (Å²) in [5, 5.41) is 3.08. The van der Waals surface area contributed by atoms with Crippen molar-refractivity contribution in [2.24, 2.45) is 4.99 Å². The van der Waals surface area contributed by atoms with E-state index in [9.17, 15) is 0 Å². The van der Waals surface area contributed by atoms with E-state index in [-0.39, 0.29) is 12.1 Å². The van der Waals surface area contributed by atoms with Crippen LogP contribution in [-0.4, -0.2) is 31.4 Å². The summed E-state index contributed by atoms with van der Waals surface area (Å²) in [5.74, 6) is 0. The lowest BCUT2D eigenvalue weighted by atomic mass is 9.96. The molecule has 2 aliphatic heterocycles. The third-order valence-electron chi connectivity index (χ3n) is 5.53. The van der Waals surface area contributed by atoms with Gasteiger partial charge in [0.2, 0.25) is 0 Å². The highest BCUT2D eigenvalue weighted by molar-refractivity contribution is 8.14. The van der Waals surface area contributed by atoms with Crippen molar-refractivity contribution in [3.05, 3.63) is 66.1 Å². The minimum Gasteiger partial charge on any atom is -0.345 e. The zero-order valence-electron chi connectivity index (χ0n) is 15.9. The molecule has 4 nitrogen and oxygen atoms in total. The van der Waals surface area contributed by atoms with Crippen LogP contribution in [0.4, 0.5) is 0 Å². The third kappa shape index (κ3) is 2.67. The molecule has 1 aromatic carbocycles. The lowest BCUT2D eigenvalue weighted by molar-refractivity contribution is 0.322. The van der Waals surface area contributed by atoms with E-state index in [0.717, 1.165) is 12.2 Å². The SMILES string of the molecule is CC(C)n1cc([C@H]2[C@@H](c3ccccn3)N=C3S[C@@H](C)CN32)c2ccccc21. The van der Waals surface area contributed by atoms with Crippen molar-refractivity contribution in [1.82, 2.24) is 14.5 Å². The first kappa shape index (κ1) is 16.9. The van der Waals surface area contributed by atoms with Gasteiger partial charge in [-0.25, -0.2) is 0 Å². The highest BCUT2D eigenvalue weighted by Gasteiger charge is 2.44. The van der Waals surface area contributed by atoms with Crippen LogP contribution in [0.15, 0.2) is 59.9 Å². The van der Waals surface area contributed by atoms with Gasteiger partial charge in [-0.2, -0.15) is 0 Å². The highest BCUT2D eigenvalue weighted by Crippen LogP contribution is 2.49. The topological polar surface area (TPSA) is 33.4 Å². The quantitative estimate of drug-likeness (QED) is 0.629. The second-order valence-electron chi connectivity index (χ2n) is 7.74. The molecule has 2 aromatic heterocycles. The van der Waals surface area contributed by atoms with Gasteiger partial charge in [0.25, 0.3) is 0 Å². The maximum Gasteiger partial charge on any atom is 0.160 e. The fourth-order valence-electron chi connectivity index (χ4n) is 4.35. The van der Waals surface area contributed by atoms with Gasteiger partial charge in [0.05, 0.1) is 11.7 Å². The van der Waals surface area contributed by atoms with Gasteiger partial charge < -0.3 is 9.47 Å². The molecule has 3 atom stereocenters. The molecule has 5 heteroatoms. The molecule has 0 amide bonds. The van der Waals surface area contributed by atoms with Gasteiger partial charge in [0, 0.05) is 46.7 Å². The molecular formula is C22H24N4S. The number of hydrogen-bond donors (Lipinski definition) is 0. The second kappa shape index (κ2) is 6.41.